The van der Waals surface area contributed by atoms with Gasteiger partial charge in [0, 0.05) is 45.4 Å². The molecular formula is C32H30N4O6S. The number of aromatic nitrogens is 1. The number of nitrogens with one attached hydrogen (secondary N) is 2. The van der Waals surface area contributed by atoms with Gasteiger partial charge in [-0.3, -0.25) is 19.4 Å². The predicted molar refractivity (Wildman–Crippen MR) is 162 cm³/mol. The fraction of sp³-hybridized carbons (Fsp3) is 0.188. The van der Waals surface area contributed by atoms with Crippen molar-refractivity contribution >= 4 is 33.2 Å². The van der Waals surface area contributed by atoms with Crippen molar-refractivity contribution in [2.75, 3.05) is 17.6 Å². The van der Waals surface area contributed by atoms with E-state index < -0.39 is 27.6 Å². The van der Waals surface area contributed by atoms with E-state index in [1.165, 1.54) is 31.6 Å². The van der Waals surface area contributed by atoms with Crippen molar-refractivity contribution in [1.82, 2.24) is 10.3 Å². The number of furan rings is 1. The number of hydrogen-bond acceptors (Lipinski definition) is 7. The lowest BCUT2D eigenvalue weighted by molar-refractivity contribution is -0.138. The van der Waals surface area contributed by atoms with Gasteiger partial charge in [0.15, 0.2) is 5.76 Å². The van der Waals surface area contributed by atoms with Crippen LogP contribution in [0.25, 0.3) is 0 Å². The molecule has 2 atom stereocenters. The highest BCUT2D eigenvalue weighted by molar-refractivity contribution is 7.94. The number of nitrogens with zero attached hydrogens (tertiary/aromatic N) is 2. The Hall–Kier alpha value is -5.05. The van der Waals surface area contributed by atoms with E-state index in [2.05, 4.69) is 31.8 Å². The lowest BCUT2D eigenvalue weighted by Crippen LogP contribution is -2.34. The number of carboxylic acid groups (broad SMARTS) is 1. The molecule has 11 heteroatoms. The second-order valence-electron chi connectivity index (χ2n) is 9.60. The molecule has 2 amide bonds. The molecule has 3 N–H and O–H groups in total. The molecule has 2 heterocycles. The Labute approximate surface area is 249 Å². The molecule has 0 aliphatic rings. The maximum atomic E-state index is 13.9. The van der Waals surface area contributed by atoms with Crippen LogP contribution in [0.2, 0.25) is 0 Å². The van der Waals surface area contributed by atoms with E-state index in [4.69, 9.17) is 9.52 Å². The number of rotatable bonds is 10. The number of benzene rings is 2. The van der Waals surface area contributed by atoms with E-state index in [9.17, 15) is 18.6 Å². The molecule has 43 heavy (non-hydrogen) atoms. The van der Waals surface area contributed by atoms with Crippen LogP contribution in [-0.4, -0.2) is 50.4 Å². The van der Waals surface area contributed by atoms with Crippen LogP contribution in [0.5, 0.6) is 0 Å². The van der Waals surface area contributed by atoms with Gasteiger partial charge in [-0.05, 0) is 69.3 Å². The number of pyridine rings is 1. The molecule has 2 aromatic carbocycles. The molecule has 4 aromatic rings. The Kier molecular flexibility index (Phi) is 10.2. The molecule has 10 nitrogen and oxygen atoms in total. The lowest BCUT2D eigenvalue weighted by atomic mass is 10.1. The van der Waals surface area contributed by atoms with Gasteiger partial charge in [-0.15, -0.1) is 0 Å². The number of carboxylic acids is 1. The van der Waals surface area contributed by atoms with E-state index >= 15 is 0 Å². The zero-order valence-corrected chi connectivity index (χ0v) is 24.4. The van der Waals surface area contributed by atoms with Crippen molar-refractivity contribution in [3.8, 4) is 11.8 Å². The average molecular weight is 599 g/mol. The Balaban J connectivity index is 1.51. The Morgan fingerprint density at radius 2 is 1.79 bits per heavy atom. The quantitative estimate of drug-likeness (QED) is 0.175. The first-order valence-electron chi connectivity index (χ1n) is 13.4. The van der Waals surface area contributed by atoms with E-state index in [0.29, 0.717) is 34.7 Å². The molecule has 0 fully saturated rings. The first-order valence-corrected chi connectivity index (χ1v) is 15.1. The summed E-state index contributed by atoms with van der Waals surface area (Å²) in [7, 11) is -3.15. The van der Waals surface area contributed by atoms with Crippen LogP contribution in [0.1, 0.15) is 50.9 Å². The maximum absolute atomic E-state index is 13.9. The normalized spacial score (nSPS) is 12.7. The summed E-state index contributed by atoms with van der Waals surface area (Å²) >= 11 is 0. The minimum atomic E-state index is -3.15. The molecule has 0 saturated heterocycles. The highest BCUT2D eigenvalue weighted by atomic mass is 32.2. The number of carbonyl (C=O) groups is 3. The zero-order valence-electron chi connectivity index (χ0n) is 23.6. The first kappa shape index (κ1) is 30.9. The molecule has 0 spiro atoms. The van der Waals surface area contributed by atoms with Gasteiger partial charge >= 0.3 is 5.97 Å². The van der Waals surface area contributed by atoms with E-state index in [-0.39, 0.29) is 23.0 Å². The maximum Gasteiger partial charge on any atom is 0.320 e. The van der Waals surface area contributed by atoms with Gasteiger partial charge in [0.2, 0.25) is 0 Å². The molecular weight excluding hydrogens is 568 g/mol. The number of carbonyl (C=O) groups excluding carboxylic acids is 2. The smallest absolute Gasteiger partial charge is 0.320 e. The van der Waals surface area contributed by atoms with Crippen molar-refractivity contribution in [2.45, 2.75) is 31.2 Å². The summed E-state index contributed by atoms with van der Waals surface area (Å²) in [6.45, 7) is 3.59. The van der Waals surface area contributed by atoms with E-state index in [0.717, 1.165) is 5.56 Å². The Morgan fingerprint density at radius 1 is 1.02 bits per heavy atom. The fourth-order valence-corrected chi connectivity index (χ4v) is 5.87. The van der Waals surface area contributed by atoms with Crippen LogP contribution >= 0.6 is 0 Å². The van der Waals surface area contributed by atoms with Crippen LogP contribution in [-0.2, 0) is 14.5 Å². The van der Waals surface area contributed by atoms with Gasteiger partial charge in [0.25, 0.3) is 11.8 Å². The molecule has 4 rings (SSSR count). The zero-order chi connectivity index (χ0) is 30.8. The predicted octanol–water partition coefficient (Wildman–Crippen LogP) is 4.76. The average Bonchev–Trinajstić information content (AvgIpc) is 3.45. The summed E-state index contributed by atoms with van der Waals surface area (Å²) in [5.41, 5.74) is 2.46. The molecule has 2 aromatic heterocycles. The topological polar surface area (TPSA) is 151 Å². The van der Waals surface area contributed by atoms with Crippen LogP contribution in [0.3, 0.4) is 0 Å². The van der Waals surface area contributed by atoms with Crippen molar-refractivity contribution in [1.29, 1.82) is 0 Å². The highest BCUT2D eigenvalue weighted by Gasteiger charge is 2.18. The monoisotopic (exact) mass is 598 g/mol. The Morgan fingerprint density at radius 3 is 2.51 bits per heavy atom. The van der Waals surface area contributed by atoms with Crippen LogP contribution in [0, 0.1) is 18.8 Å². The third kappa shape index (κ3) is 8.48. The summed E-state index contributed by atoms with van der Waals surface area (Å²) in [5.74, 6) is 4.20. The van der Waals surface area contributed by atoms with Crippen molar-refractivity contribution in [3.63, 3.8) is 0 Å². The summed E-state index contributed by atoms with van der Waals surface area (Å²) in [6, 6.07) is 18.0. The van der Waals surface area contributed by atoms with E-state index in [1.54, 1.807) is 67.6 Å². The molecule has 0 bridgehead atoms. The largest absolute Gasteiger partial charge is 0.480 e. The molecule has 0 aliphatic carbocycles. The molecule has 1 unspecified atom stereocenters. The van der Waals surface area contributed by atoms with Crippen LogP contribution < -0.4 is 10.6 Å². The Bertz CT molecular complexity index is 1810. The number of anilines is 1. The van der Waals surface area contributed by atoms with Gasteiger partial charge in [-0.25, -0.2) is 4.21 Å². The lowest BCUT2D eigenvalue weighted by Gasteiger charge is -2.12. The summed E-state index contributed by atoms with van der Waals surface area (Å²) in [6.07, 6.45) is 4.63. The molecule has 0 radical (unpaired) electrons. The van der Waals surface area contributed by atoms with Crippen molar-refractivity contribution in [3.05, 3.63) is 113 Å². The van der Waals surface area contributed by atoms with E-state index in [1.807, 2.05) is 0 Å². The standard InChI is InChI=1S/C32H30N4O6S/c1-22-14-16-42-29(22)31(38)35-27-9-6-8-24(19-27)12-13-25-18-26(21-33-20-25)30(37)36-43(41,28-10-4-3-5-11-28)17-7-15-34-23(2)32(39)40/h3-6,8-11,14,16,18-21,23,34H,7,15,17H2,1-2H3,(H,35,38)(H,39,40)/t23-,43?/m0/s1. The number of amides is 2. The summed E-state index contributed by atoms with van der Waals surface area (Å²) in [4.78, 5) is 41.2. The van der Waals surface area contributed by atoms with Crippen LogP contribution in [0.15, 0.2) is 99.1 Å². The number of aliphatic carboxylic acids is 1. The summed E-state index contributed by atoms with van der Waals surface area (Å²) in [5, 5.41) is 14.7. The molecule has 220 valence electrons. The molecule has 0 aliphatic heterocycles. The summed E-state index contributed by atoms with van der Waals surface area (Å²) < 4.78 is 23.3. The van der Waals surface area contributed by atoms with Gasteiger partial charge in [-0.1, -0.05) is 36.1 Å². The third-order valence-corrected chi connectivity index (χ3v) is 8.60. The van der Waals surface area contributed by atoms with Gasteiger partial charge in [0.1, 0.15) is 6.04 Å². The minimum Gasteiger partial charge on any atom is -0.480 e. The third-order valence-electron chi connectivity index (χ3n) is 6.29. The SMILES string of the molecule is Cc1ccoc1C(=O)Nc1cccc(C#Cc2cncc(C(=O)N=S(=O)(CCCN[C@@H](C)C(=O)O)c3ccccc3)c2)c1. The number of aryl methyl sites for hydroxylation is 1. The van der Waals surface area contributed by atoms with Crippen molar-refractivity contribution in [2.24, 2.45) is 4.36 Å². The minimum absolute atomic E-state index is 0.0569. The number of hydrogen-bond donors (Lipinski definition) is 3. The van der Waals surface area contributed by atoms with Gasteiger partial charge in [0.05, 0.1) is 21.6 Å². The first-order chi connectivity index (χ1) is 20.6. The van der Waals surface area contributed by atoms with Gasteiger partial charge < -0.3 is 20.2 Å². The highest BCUT2D eigenvalue weighted by Crippen LogP contribution is 2.18. The molecule has 0 saturated carbocycles. The second-order valence-corrected chi connectivity index (χ2v) is 11.9. The second kappa shape index (κ2) is 14.2. The van der Waals surface area contributed by atoms with Gasteiger partial charge in [-0.2, -0.15) is 4.36 Å². The fourth-order valence-electron chi connectivity index (χ4n) is 3.95. The van der Waals surface area contributed by atoms with Crippen molar-refractivity contribution < 1.29 is 28.1 Å². The van der Waals surface area contributed by atoms with Crippen LogP contribution in [0.4, 0.5) is 5.69 Å².